The Morgan fingerprint density at radius 3 is 2.72 bits per heavy atom. The molecule has 124 valence electrons. The third kappa shape index (κ3) is 3.32. The molecule has 3 heterocycles. The fraction of sp³-hybridized carbons (Fsp3) is 0.0556. The molecule has 1 N–H and O–H groups in total. The van der Waals surface area contributed by atoms with Crippen LogP contribution in [0.4, 0.5) is 4.39 Å². The normalized spacial score (nSPS) is 11.1. The number of rotatable bonds is 4. The molecule has 0 unspecified atom stereocenters. The Morgan fingerprint density at radius 1 is 1.12 bits per heavy atom. The Bertz CT molecular complexity index is 1070. The largest absolute Gasteiger partial charge is 0.289 e. The fourth-order valence-electron chi connectivity index (χ4n) is 2.47. The Morgan fingerprint density at radius 2 is 1.96 bits per heavy atom. The van der Waals surface area contributed by atoms with Gasteiger partial charge in [-0.15, -0.1) is 11.8 Å². The van der Waals surface area contributed by atoms with Gasteiger partial charge in [-0.2, -0.15) is 0 Å². The molecule has 1 aromatic carbocycles. The zero-order valence-corrected chi connectivity index (χ0v) is 13.8. The molecule has 0 radical (unpaired) electrons. The molecule has 7 heteroatoms. The van der Waals surface area contributed by atoms with Gasteiger partial charge in [0.15, 0.2) is 5.65 Å². The molecular weight excluding hydrogens is 339 g/mol. The number of fused-ring (bicyclic) bond motifs is 1. The van der Waals surface area contributed by atoms with Crippen LogP contribution in [0.5, 0.6) is 0 Å². The van der Waals surface area contributed by atoms with E-state index in [1.54, 1.807) is 24.4 Å². The Balaban J connectivity index is 1.65. The van der Waals surface area contributed by atoms with E-state index in [0.29, 0.717) is 22.8 Å². The molecule has 0 fully saturated rings. The van der Waals surface area contributed by atoms with E-state index in [4.69, 9.17) is 0 Å². The smallest absolute Gasteiger partial charge is 0.272 e. The number of hydrogen-bond acceptors (Lipinski definition) is 4. The van der Waals surface area contributed by atoms with Gasteiger partial charge in [-0.1, -0.05) is 6.07 Å². The van der Waals surface area contributed by atoms with Gasteiger partial charge in [0.25, 0.3) is 5.56 Å². The van der Waals surface area contributed by atoms with Crippen LogP contribution in [0.25, 0.3) is 16.9 Å². The summed E-state index contributed by atoms with van der Waals surface area (Å²) in [5.41, 5.74) is 2.53. The highest BCUT2D eigenvalue weighted by Gasteiger charge is 2.09. The summed E-state index contributed by atoms with van der Waals surface area (Å²) in [5.74, 6) is 0.254. The van der Waals surface area contributed by atoms with Crippen molar-refractivity contribution in [3.63, 3.8) is 0 Å². The number of hydrogen-bond donors (Lipinski definition) is 1. The summed E-state index contributed by atoms with van der Waals surface area (Å²) in [6.07, 6.45) is 1.73. The summed E-state index contributed by atoms with van der Waals surface area (Å²) >= 11 is 1.52. The summed E-state index contributed by atoms with van der Waals surface area (Å²) in [6, 6.07) is 15.1. The summed E-state index contributed by atoms with van der Waals surface area (Å²) in [7, 11) is 0. The van der Waals surface area contributed by atoms with Gasteiger partial charge in [-0.25, -0.2) is 18.9 Å². The van der Waals surface area contributed by atoms with Crippen LogP contribution in [0.15, 0.2) is 70.6 Å². The van der Waals surface area contributed by atoms with Crippen molar-refractivity contribution >= 4 is 17.4 Å². The third-order valence-electron chi connectivity index (χ3n) is 3.66. The molecule has 0 bridgehead atoms. The highest BCUT2D eigenvalue weighted by molar-refractivity contribution is 7.98. The van der Waals surface area contributed by atoms with Gasteiger partial charge in [-0.3, -0.25) is 9.89 Å². The topological polar surface area (TPSA) is 63.0 Å². The monoisotopic (exact) mass is 352 g/mol. The maximum atomic E-state index is 13.1. The quantitative estimate of drug-likeness (QED) is 0.571. The number of aromatic nitrogens is 4. The van der Waals surface area contributed by atoms with Crippen LogP contribution in [-0.4, -0.2) is 19.6 Å². The predicted molar refractivity (Wildman–Crippen MR) is 95.0 cm³/mol. The number of benzene rings is 1. The standard InChI is InChI=1S/C18H13FN4OS/c19-13-6-4-12(5-7-13)15-10-16-21-14(9-18(24)23(16)22-15)11-25-17-3-1-2-8-20-17/h1-10,22H,11H2. The summed E-state index contributed by atoms with van der Waals surface area (Å²) < 4.78 is 14.4. The minimum atomic E-state index is -0.302. The summed E-state index contributed by atoms with van der Waals surface area (Å²) in [4.78, 5) is 21.1. The van der Waals surface area contributed by atoms with Crippen LogP contribution in [-0.2, 0) is 5.75 Å². The number of aromatic amines is 1. The zero-order chi connectivity index (χ0) is 17.2. The molecule has 0 saturated carbocycles. The predicted octanol–water partition coefficient (Wildman–Crippen LogP) is 3.52. The number of nitrogens with zero attached hydrogens (tertiary/aromatic N) is 3. The molecule has 0 amide bonds. The molecule has 3 aromatic heterocycles. The molecule has 0 spiro atoms. The van der Waals surface area contributed by atoms with Crippen LogP contribution in [0.2, 0.25) is 0 Å². The minimum Gasteiger partial charge on any atom is -0.289 e. The third-order valence-corrected chi connectivity index (χ3v) is 4.64. The van der Waals surface area contributed by atoms with E-state index in [1.807, 2.05) is 18.2 Å². The highest BCUT2D eigenvalue weighted by Crippen LogP contribution is 2.21. The first-order valence-corrected chi connectivity index (χ1v) is 8.59. The second kappa shape index (κ2) is 6.52. The summed E-state index contributed by atoms with van der Waals surface area (Å²) in [5, 5.41) is 3.88. The van der Waals surface area contributed by atoms with Crippen molar-refractivity contribution < 1.29 is 4.39 Å². The fourth-order valence-corrected chi connectivity index (χ4v) is 3.23. The van der Waals surface area contributed by atoms with E-state index in [9.17, 15) is 9.18 Å². The van der Waals surface area contributed by atoms with Crippen molar-refractivity contribution in [2.45, 2.75) is 10.8 Å². The van der Waals surface area contributed by atoms with Gasteiger partial charge in [0, 0.05) is 24.1 Å². The van der Waals surface area contributed by atoms with Crippen molar-refractivity contribution in [2.24, 2.45) is 0 Å². The van der Waals surface area contributed by atoms with E-state index < -0.39 is 0 Å². The van der Waals surface area contributed by atoms with Crippen molar-refractivity contribution in [2.75, 3.05) is 0 Å². The second-order valence-corrected chi connectivity index (χ2v) is 6.41. The van der Waals surface area contributed by atoms with E-state index in [2.05, 4.69) is 15.1 Å². The SMILES string of the molecule is O=c1cc(CSc2ccccn2)nc2cc(-c3ccc(F)cc3)[nH]n12. The molecule has 0 aliphatic heterocycles. The Hall–Kier alpha value is -2.93. The van der Waals surface area contributed by atoms with Gasteiger partial charge in [-0.05, 0) is 42.0 Å². The van der Waals surface area contributed by atoms with E-state index in [1.165, 1.54) is 34.5 Å². The first-order valence-electron chi connectivity index (χ1n) is 7.60. The number of H-pyrrole nitrogens is 1. The lowest BCUT2D eigenvalue weighted by molar-refractivity contribution is 0.628. The second-order valence-electron chi connectivity index (χ2n) is 5.41. The van der Waals surface area contributed by atoms with Crippen molar-refractivity contribution in [3.8, 4) is 11.3 Å². The lowest BCUT2D eigenvalue weighted by Crippen LogP contribution is -2.15. The zero-order valence-electron chi connectivity index (χ0n) is 13.0. The molecule has 25 heavy (non-hydrogen) atoms. The Labute approximate surface area is 146 Å². The van der Waals surface area contributed by atoms with E-state index >= 15 is 0 Å². The Kier molecular flexibility index (Phi) is 4.07. The van der Waals surface area contributed by atoms with Gasteiger partial charge < -0.3 is 0 Å². The van der Waals surface area contributed by atoms with Crippen molar-refractivity contribution in [1.29, 1.82) is 0 Å². The number of thioether (sulfide) groups is 1. The summed E-state index contributed by atoms with van der Waals surface area (Å²) in [6.45, 7) is 0. The molecule has 0 saturated heterocycles. The lowest BCUT2D eigenvalue weighted by atomic mass is 10.1. The van der Waals surface area contributed by atoms with Gasteiger partial charge in [0.2, 0.25) is 0 Å². The maximum absolute atomic E-state index is 13.1. The average molecular weight is 352 g/mol. The highest BCUT2D eigenvalue weighted by atomic mass is 32.2. The molecular formula is C18H13FN4OS. The van der Waals surface area contributed by atoms with Crippen LogP contribution in [0.1, 0.15) is 5.69 Å². The first kappa shape index (κ1) is 15.6. The first-order chi connectivity index (χ1) is 12.2. The van der Waals surface area contributed by atoms with Crippen LogP contribution in [0, 0.1) is 5.82 Å². The minimum absolute atomic E-state index is 0.185. The van der Waals surface area contributed by atoms with E-state index in [0.717, 1.165) is 10.6 Å². The van der Waals surface area contributed by atoms with Crippen LogP contribution < -0.4 is 5.56 Å². The molecule has 0 aliphatic rings. The maximum Gasteiger partial charge on any atom is 0.272 e. The van der Waals surface area contributed by atoms with Gasteiger partial charge in [0.1, 0.15) is 5.82 Å². The molecule has 4 rings (SSSR count). The number of pyridine rings is 1. The van der Waals surface area contributed by atoms with Gasteiger partial charge in [0.05, 0.1) is 16.4 Å². The van der Waals surface area contributed by atoms with Gasteiger partial charge >= 0.3 is 0 Å². The van der Waals surface area contributed by atoms with Crippen LogP contribution in [0.3, 0.4) is 0 Å². The van der Waals surface area contributed by atoms with Crippen molar-refractivity contribution in [3.05, 3.63) is 82.7 Å². The number of nitrogens with one attached hydrogen (secondary N) is 1. The number of halogens is 1. The van der Waals surface area contributed by atoms with E-state index in [-0.39, 0.29) is 11.4 Å². The van der Waals surface area contributed by atoms with Crippen LogP contribution >= 0.6 is 11.8 Å². The molecule has 4 aromatic rings. The molecule has 0 atom stereocenters. The average Bonchev–Trinajstić information content (AvgIpc) is 3.06. The lowest BCUT2D eigenvalue weighted by Gasteiger charge is -2.01. The molecule has 5 nitrogen and oxygen atoms in total. The molecule has 0 aliphatic carbocycles. The van der Waals surface area contributed by atoms with Crippen molar-refractivity contribution in [1.82, 2.24) is 19.6 Å².